The van der Waals surface area contributed by atoms with Crippen LogP contribution in [0.25, 0.3) is 0 Å². The van der Waals surface area contributed by atoms with Crippen LogP contribution in [-0.2, 0) is 33.6 Å². The molecular formula is C23H24N2O13P2. The van der Waals surface area contributed by atoms with Gasteiger partial charge in [-0.2, -0.15) is 0 Å². The van der Waals surface area contributed by atoms with Crippen LogP contribution < -0.4 is 11.2 Å². The van der Waals surface area contributed by atoms with Crippen molar-refractivity contribution in [2.75, 3.05) is 6.61 Å². The number of carbonyl (C=O) groups excluding carboxylic acids is 1. The summed E-state index contributed by atoms with van der Waals surface area (Å²) >= 11 is 0. The molecule has 1 fully saturated rings. The SMILES string of the molecule is O=C(O[C@@H]1[C@H](O)[C@@H](COP(=O)(O)OP(=O)(O)Cc2ccc(O)cc2)O[C@H]1n1ccc(=O)[nH]c1=O)c1ccccc1. The number of hydrogen-bond acceptors (Lipinski definition) is 11. The molecule has 2 heterocycles. The first kappa shape index (κ1) is 29.6. The summed E-state index contributed by atoms with van der Waals surface area (Å²) in [5.41, 5.74) is -1.35. The summed E-state index contributed by atoms with van der Waals surface area (Å²) in [7, 11) is -9.96. The molecule has 1 aliphatic rings. The van der Waals surface area contributed by atoms with Gasteiger partial charge in [0.2, 0.25) is 0 Å². The summed E-state index contributed by atoms with van der Waals surface area (Å²) in [5.74, 6) is -0.984. The van der Waals surface area contributed by atoms with E-state index >= 15 is 0 Å². The highest BCUT2D eigenvalue weighted by molar-refractivity contribution is 7.63. The van der Waals surface area contributed by atoms with Gasteiger partial charge >= 0.3 is 27.1 Å². The predicted molar refractivity (Wildman–Crippen MR) is 135 cm³/mol. The number of phenols is 1. The second-order valence-electron chi connectivity index (χ2n) is 8.62. The largest absolute Gasteiger partial charge is 0.508 e. The molecule has 0 saturated carbocycles. The summed E-state index contributed by atoms with van der Waals surface area (Å²) in [4.78, 5) is 58.7. The van der Waals surface area contributed by atoms with Crippen molar-refractivity contribution in [1.82, 2.24) is 9.55 Å². The number of aromatic amines is 1. The third kappa shape index (κ3) is 7.42. The number of aromatic nitrogens is 2. The highest BCUT2D eigenvalue weighted by Crippen LogP contribution is 2.61. The fraction of sp³-hybridized carbons (Fsp3) is 0.261. The quantitative estimate of drug-likeness (QED) is 0.164. The molecule has 2 aromatic carbocycles. The van der Waals surface area contributed by atoms with E-state index in [9.17, 15) is 43.5 Å². The van der Waals surface area contributed by atoms with E-state index in [1.165, 1.54) is 36.4 Å². The van der Waals surface area contributed by atoms with Gasteiger partial charge in [0, 0.05) is 12.3 Å². The molecule has 0 aliphatic carbocycles. The fourth-order valence-electron chi connectivity index (χ4n) is 3.81. The lowest BCUT2D eigenvalue weighted by Crippen LogP contribution is -2.40. The molecule has 1 aliphatic heterocycles. The van der Waals surface area contributed by atoms with Gasteiger partial charge < -0.3 is 29.5 Å². The number of rotatable bonds is 10. The number of nitrogens with one attached hydrogen (secondary N) is 1. The van der Waals surface area contributed by atoms with Gasteiger partial charge in [0.1, 0.15) is 18.0 Å². The molecule has 214 valence electrons. The minimum absolute atomic E-state index is 0.0982. The Balaban J connectivity index is 1.48. The zero-order chi connectivity index (χ0) is 29.1. The van der Waals surface area contributed by atoms with Gasteiger partial charge in [0.05, 0.1) is 18.3 Å². The number of aliphatic hydroxyl groups excluding tert-OH is 1. The van der Waals surface area contributed by atoms with Crippen molar-refractivity contribution in [3.05, 3.63) is 98.8 Å². The molecule has 3 aromatic rings. The molecule has 0 bridgehead atoms. The molecule has 40 heavy (non-hydrogen) atoms. The van der Waals surface area contributed by atoms with Crippen LogP contribution in [0.4, 0.5) is 0 Å². The van der Waals surface area contributed by atoms with E-state index in [1.54, 1.807) is 18.2 Å². The normalized spacial score (nSPS) is 23.7. The molecule has 15 nitrogen and oxygen atoms in total. The van der Waals surface area contributed by atoms with E-state index < -0.39 is 69.9 Å². The molecule has 1 saturated heterocycles. The van der Waals surface area contributed by atoms with Crippen molar-refractivity contribution >= 4 is 21.4 Å². The molecule has 6 atom stereocenters. The van der Waals surface area contributed by atoms with Crippen LogP contribution in [0.15, 0.2) is 76.4 Å². The highest BCUT2D eigenvalue weighted by Gasteiger charge is 2.49. The Kier molecular flexibility index (Phi) is 8.88. The number of phosphoric ester groups is 1. The average molecular weight is 598 g/mol. The zero-order valence-corrected chi connectivity index (χ0v) is 22.2. The Morgan fingerprint density at radius 1 is 1.02 bits per heavy atom. The van der Waals surface area contributed by atoms with Crippen LogP contribution in [0.2, 0.25) is 0 Å². The maximum Gasteiger partial charge on any atom is 0.479 e. The van der Waals surface area contributed by atoms with Crippen LogP contribution >= 0.6 is 15.4 Å². The van der Waals surface area contributed by atoms with Crippen LogP contribution in [0.3, 0.4) is 0 Å². The van der Waals surface area contributed by atoms with E-state index in [1.807, 2.05) is 4.98 Å². The van der Waals surface area contributed by atoms with Gasteiger partial charge in [-0.3, -0.25) is 23.4 Å². The third-order valence-electron chi connectivity index (χ3n) is 5.64. The molecule has 5 N–H and O–H groups in total. The molecule has 1 aromatic heterocycles. The molecule has 0 spiro atoms. The molecular weight excluding hydrogens is 574 g/mol. The van der Waals surface area contributed by atoms with E-state index in [0.717, 1.165) is 16.8 Å². The first-order valence-corrected chi connectivity index (χ1v) is 14.8. The van der Waals surface area contributed by atoms with Crippen molar-refractivity contribution in [3.63, 3.8) is 0 Å². The average Bonchev–Trinajstić information content (AvgIpc) is 3.18. The fourth-order valence-corrected chi connectivity index (χ4v) is 6.53. The van der Waals surface area contributed by atoms with Crippen LogP contribution in [0.1, 0.15) is 22.1 Å². The number of esters is 1. The maximum atomic E-state index is 12.7. The van der Waals surface area contributed by atoms with Gasteiger partial charge in [-0.25, -0.2) is 18.5 Å². The lowest BCUT2D eigenvalue weighted by atomic mass is 10.1. The number of hydrogen-bond donors (Lipinski definition) is 5. The summed E-state index contributed by atoms with van der Waals surface area (Å²) in [6.45, 7) is -0.901. The summed E-state index contributed by atoms with van der Waals surface area (Å²) in [6.07, 6.45) is -5.93. The lowest BCUT2D eigenvalue weighted by Gasteiger charge is -2.22. The monoisotopic (exact) mass is 598 g/mol. The van der Waals surface area contributed by atoms with Crippen LogP contribution in [-0.4, -0.2) is 60.4 Å². The number of phosphoric acid groups is 1. The maximum absolute atomic E-state index is 12.7. The lowest BCUT2D eigenvalue weighted by molar-refractivity contribution is -0.0596. The van der Waals surface area contributed by atoms with Crippen molar-refractivity contribution in [2.45, 2.75) is 30.7 Å². The number of carbonyl (C=O) groups is 1. The number of H-pyrrole nitrogens is 1. The molecule has 0 radical (unpaired) electrons. The Morgan fingerprint density at radius 3 is 2.35 bits per heavy atom. The van der Waals surface area contributed by atoms with Gasteiger partial charge in [-0.15, -0.1) is 0 Å². The number of aromatic hydroxyl groups is 1. The van der Waals surface area contributed by atoms with Crippen LogP contribution in [0, 0.1) is 0 Å². The van der Waals surface area contributed by atoms with Gasteiger partial charge in [0.25, 0.3) is 5.56 Å². The number of nitrogens with zero attached hydrogens (tertiary/aromatic N) is 1. The van der Waals surface area contributed by atoms with Gasteiger partial charge in [-0.1, -0.05) is 30.3 Å². The van der Waals surface area contributed by atoms with E-state index in [4.69, 9.17) is 14.0 Å². The van der Waals surface area contributed by atoms with Crippen molar-refractivity contribution < 1.29 is 52.2 Å². The predicted octanol–water partition coefficient (Wildman–Crippen LogP) is 1.25. The van der Waals surface area contributed by atoms with E-state index in [0.29, 0.717) is 0 Å². The third-order valence-corrected chi connectivity index (χ3v) is 8.73. The Labute approximate surface area is 225 Å². The number of aliphatic hydroxyl groups is 1. The minimum Gasteiger partial charge on any atom is -0.508 e. The first-order valence-electron chi connectivity index (χ1n) is 11.5. The standard InChI is InChI=1S/C23H24N2O13P2/c26-16-8-6-14(7-9-16)13-39(31,32)38-40(33,34)35-12-17-19(28)20(37-22(29)15-4-2-1-3-5-15)21(36-17)25-11-10-18(27)24-23(25)30/h1-11,17,19-21,26,28H,12-13H2,(H,31,32)(H,33,34)(H,24,27,30)/t17-,19-,20-,21-/m1/s1. The first-order chi connectivity index (χ1) is 18.8. The molecule has 2 unspecified atom stereocenters. The topological polar surface area (TPSA) is 224 Å². The van der Waals surface area contributed by atoms with Gasteiger partial charge in [-0.05, 0) is 29.8 Å². The Morgan fingerprint density at radius 2 is 1.70 bits per heavy atom. The van der Waals surface area contributed by atoms with E-state index in [-0.39, 0.29) is 16.9 Å². The number of benzene rings is 2. The minimum atomic E-state index is -5.22. The number of ether oxygens (including phenoxy) is 2. The van der Waals surface area contributed by atoms with Crippen molar-refractivity contribution in [1.29, 1.82) is 0 Å². The smallest absolute Gasteiger partial charge is 0.479 e. The Bertz CT molecular complexity index is 1560. The number of phenolic OH excluding ortho intramolecular Hbond substituents is 1. The van der Waals surface area contributed by atoms with Crippen molar-refractivity contribution in [2.24, 2.45) is 0 Å². The highest BCUT2D eigenvalue weighted by atomic mass is 31.3. The summed E-state index contributed by atoms with van der Waals surface area (Å²) in [5, 5.41) is 20.2. The molecule has 17 heteroatoms. The van der Waals surface area contributed by atoms with E-state index in [2.05, 4.69) is 4.31 Å². The molecule has 0 amide bonds. The second kappa shape index (κ2) is 12.0. The summed E-state index contributed by atoms with van der Waals surface area (Å²) in [6, 6.07) is 13.8. The zero-order valence-electron chi connectivity index (χ0n) is 20.4. The second-order valence-corrected chi connectivity index (χ2v) is 12.1. The van der Waals surface area contributed by atoms with Gasteiger partial charge in [0.15, 0.2) is 12.3 Å². The van der Waals surface area contributed by atoms with Crippen molar-refractivity contribution in [3.8, 4) is 5.75 Å². The Hall–Kier alpha value is -3.39. The summed E-state index contributed by atoms with van der Waals surface area (Å²) < 4.78 is 46.0. The molecule has 4 rings (SSSR count). The van der Waals surface area contributed by atoms with Crippen LogP contribution in [0.5, 0.6) is 5.75 Å².